The smallest absolute Gasteiger partial charge is 0.188 e. The van der Waals surface area contributed by atoms with Gasteiger partial charge in [0.15, 0.2) is 10.8 Å². The molecule has 3 aromatic rings. The fraction of sp³-hybridized carbons (Fsp3) is 0.312. The van der Waals surface area contributed by atoms with Gasteiger partial charge in [0.1, 0.15) is 0 Å². The number of nitrogens with zero attached hydrogens (tertiary/aromatic N) is 4. The van der Waals surface area contributed by atoms with Crippen molar-refractivity contribution in [2.45, 2.75) is 12.6 Å². The fourth-order valence-electron chi connectivity index (χ4n) is 2.30. The molecule has 0 bridgehead atoms. The number of halogens is 1. The summed E-state index contributed by atoms with van der Waals surface area (Å²) in [5.74, 6) is 0.688. The van der Waals surface area contributed by atoms with Crippen LogP contribution in [0, 0.1) is 0 Å². The van der Waals surface area contributed by atoms with Gasteiger partial charge in [-0.15, -0.1) is 23.7 Å². The molecule has 3 aromatic heterocycles. The Kier molecular flexibility index (Phi) is 7.26. The minimum atomic E-state index is 0. The molecular weight excluding hydrogens is 362 g/mol. The quantitative estimate of drug-likeness (QED) is 0.679. The fourth-order valence-corrected chi connectivity index (χ4v) is 3.77. The van der Waals surface area contributed by atoms with Gasteiger partial charge in [-0.2, -0.15) is 11.3 Å². The van der Waals surface area contributed by atoms with Crippen LogP contribution in [0.15, 0.2) is 40.7 Å². The van der Waals surface area contributed by atoms with Gasteiger partial charge in [-0.05, 0) is 42.6 Å². The summed E-state index contributed by atoms with van der Waals surface area (Å²) in [4.78, 5) is 15.3. The third kappa shape index (κ3) is 4.81. The highest BCUT2D eigenvalue weighted by Gasteiger charge is 2.14. The third-order valence-electron chi connectivity index (χ3n) is 3.50. The SMILES string of the molecule is CN(C)C(CNCc1csc(-c2ncccn2)n1)c1ccsc1.Cl. The lowest BCUT2D eigenvalue weighted by Crippen LogP contribution is -2.30. The van der Waals surface area contributed by atoms with E-state index in [0.717, 1.165) is 23.8 Å². The Morgan fingerprint density at radius 1 is 1.21 bits per heavy atom. The van der Waals surface area contributed by atoms with Gasteiger partial charge < -0.3 is 10.2 Å². The second kappa shape index (κ2) is 9.19. The molecule has 0 aliphatic carbocycles. The van der Waals surface area contributed by atoms with E-state index in [-0.39, 0.29) is 12.4 Å². The van der Waals surface area contributed by atoms with E-state index in [1.807, 2.05) is 6.07 Å². The first kappa shape index (κ1) is 19.0. The van der Waals surface area contributed by atoms with E-state index in [0.29, 0.717) is 11.9 Å². The minimum absolute atomic E-state index is 0. The van der Waals surface area contributed by atoms with Crippen LogP contribution in [0.4, 0.5) is 0 Å². The lowest BCUT2D eigenvalue weighted by atomic mass is 10.1. The molecule has 0 saturated carbocycles. The molecule has 0 aromatic carbocycles. The molecular formula is C16H20ClN5S2. The Hall–Kier alpha value is -1.38. The van der Waals surface area contributed by atoms with Crippen molar-refractivity contribution in [3.8, 4) is 10.8 Å². The van der Waals surface area contributed by atoms with Crippen molar-refractivity contribution in [1.29, 1.82) is 0 Å². The lowest BCUT2D eigenvalue weighted by molar-refractivity contribution is 0.288. The van der Waals surface area contributed by atoms with Gasteiger partial charge in [-0.1, -0.05) is 0 Å². The van der Waals surface area contributed by atoms with E-state index in [2.05, 4.69) is 61.5 Å². The number of hydrogen-bond donors (Lipinski definition) is 1. The Balaban J connectivity index is 0.00000208. The van der Waals surface area contributed by atoms with E-state index in [4.69, 9.17) is 0 Å². The van der Waals surface area contributed by atoms with Gasteiger partial charge in [0.05, 0.1) is 5.69 Å². The van der Waals surface area contributed by atoms with Crippen LogP contribution >= 0.6 is 35.1 Å². The highest BCUT2D eigenvalue weighted by molar-refractivity contribution is 7.13. The van der Waals surface area contributed by atoms with Gasteiger partial charge in [-0.25, -0.2) is 15.0 Å². The van der Waals surface area contributed by atoms with Crippen molar-refractivity contribution in [2.24, 2.45) is 0 Å². The van der Waals surface area contributed by atoms with Gasteiger partial charge in [0, 0.05) is 36.9 Å². The van der Waals surface area contributed by atoms with Crippen LogP contribution in [-0.4, -0.2) is 40.5 Å². The third-order valence-corrected chi connectivity index (χ3v) is 5.09. The van der Waals surface area contributed by atoms with Crippen LogP contribution in [0.2, 0.25) is 0 Å². The molecule has 0 saturated heterocycles. The Morgan fingerprint density at radius 3 is 2.67 bits per heavy atom. The second-order valence-corrected chi connectivity index (χ2v) is 7.02. The molecule has 1 atom stereocenters. The Labute approximate surface area is 156 Å². The number of likely N-dealkylation sites (N-methyl/N-ethyl adjacent to an activating group) is 1. The first-order valence-corrected chi connectivity index (χ1v) is 9.17. The predicted octanol–water partition coefficient (Wildman–Crippen LogP) is 3.48. The molecule has 1 N–H and O–H groups in total. The molecule has 0 aliphatic heterocycles. The molecule has 8 heteroatoms. The van der Waals surface area contributed by atoms with E-state index in [9.17, 15) is 0 Å². The maximum Gasteiger partial charge on any atom is 0.188 e. The van der Waals surface area contributed by atoms with Crippen LogP contribution in [0.1, 0.15) is 17.3 Å². The van der Waals surface area contributed by atoms with Crippen LogP contribution in [0.25, 0.3) is 10.8 Å². The van der Waals surface area contributed by atoms with E-state index in [1.54, 1.807) is 35.1 Å². The molecule has 128 valence electrons. The molecule has 0 spiro atoms. The zero-order chi connectivity index (χ0) is 16.1. The number of hydrogen-bond acceptors (Lipinski definition) is 7. The van der Waals surface area contributed by atoms with Gasteiger partial charge >= 0.3 is 0 Å². The second-order valence-electron chi connectivity index (χ2n) is 5.38. The largest absolute Gasteiger partial charge is 0.309 e. The number of thiazole rings is 1. The van der Waals surface area contributed by atoms with Crippen molar-refractivity contribution in [3.05, 3.63) is 51.9 Å². The highest BCUT2D eigenvalue weighted by Crippen LogP contribution is 2.21. The summed E-state index contributed by atoms with van der Waals surface area (Å²) < 4.78 is 0. The zero-order valence-electron chi connectivity index (χ0n) is 13.5. The first-order valence-electron chi connectivity index (χ1n) is 7.35. The summed E-state index contributed by atoms with van der Waals surface area (Å²) >= 11 is 3.32. The summed E-state index contributed by atoms with van der Waals surface area (Å²) in [5, 5.41) is 10.8. The van der Waals surface area contributed by atoms with E-state index < -0.39 is 0 Å². The Bertz CT molecular complexity index is 715. The van der Waals surface area contributed by atoms with Gasteiger partial charge in [-0.3, -0.25) is 0 Å². The zero-order valence-corrected chi connectivity index (χ0v) is 16.0. The summed E-state index contributed by atoms with van der Waals surface area (Å²) in [7, 11) is 4.22. The molecule has 3 rings (SSSR count). The van der Waals surface area contributed by atoms with E-state index >= 15 is 0 Å². The standard InChI is InChI=1S/C16H19N5S2.ClH/c1-21(2)14(12-4-7-22-10-12)9-17-8-13-11-23-16(20-13)15-18-5-3-6-19-15;/h3-7,10-11,14,17H,8-9H2,1-2H3;1H. The first-order chi connectivity index (χ1) is 11.2. The average Bonchev–Trinajstić information content (AvgIpc) is 3.24. The van der Waals surface area contributed by atoms with Crippen LogP contribution in [-0.2, 0) is 6.54 Å². The topological polar surface area (TPSA) is 53.9 Å². The number of thiophene rings is 1. The monoisotopic (exact) mass is 381 g/mol. The normalized spacial score (nSPS) is 12.1. The molecule has 0 radical (unpaired) electrons. The van der Waals surface area contributed by atoms with Crippen molar-refractivity contribution in [2.75, 3.05) is 20.6 Å². The van der Waals surface area contributed by atoms with Gasteiger partial charge in [0.25, 0.3) is 0 Å². The molecule has 0 aliphatic rings. The summed E-state index contributed by atoms with van der Waals surface area (Å²) in [6, 6.07) is 4.37. The molecule has 5 nitrogen and oxygen atoms in total. The van der Waals surface area contributed by atoms with Crippen LogP contribution in [0.5, 0.6) is 0 Å². The van der Waals surface area contributed by atoms with Crippen molar-refractivity contribution < 1.29 is 0 Å². The summed E-state index contributed by atoms with van der Waals surface area (Å²) in [6.07, 6.45) is 3.48. The highest BCUT2D eigenvalue weighted by atomic mass is 35.5. The van der Waals surface area contributed by atoms with Gasteiger partial charge in [0.2, 0.25) is 0 Å². The number of aromatic nitrogens is 3. The maximum atomic E-state index is 4.60. The number of rotatable bonds is 7. The van der Waals surface area contributed by atoms with Crippen LogP contribution in [0.3, 0.4) is 0 Å². The average molecular weight is 382 g/mol. The molecule has 0 fully saturated rings. The summed E-state index contributed by atoms with van der Waals surface area (Å²) in [6.45, 7) is 1.64. The van der Waals surface area contributed by atoms with E-state index in [1.165, 1.54) is 5.56 Å². The van der Waals surface area contributed by atoms with Crippen molar-refractivity contribution >= 4 is 35.1 Å². The summed E-state index contributed by atoms with van der Waals surface area (Å²) in [5.41, 5.74) is 2.38. The molecule has 0 amide bonds. The van der Waals surface area contributed by atoms with Crippen LogP contribution < -0.4 is 5.32 Å². The predicted molar refractivity (Wildman–Crippen MR) is 103 cm³/mol. The number of nitrogens with one attached hydrogen (secondary N) is 1. The molecule has 24 heavy (non-hydrogen) atoms. The van der Waals surface area contributed by atoms with Crippen molar-refractivity contribution in [3.63, 3.8) is 0 Å². The maximum absolute atomic E-state index is 4.60. The Morgan fingerprint density at radius 2 is 2.00 bits per heavy atom. The molecule has 1 unspecified atom stereocenters. The lowest BCUT2D eigenvalue weighted by Gasteiger charge is -2.23. The molecule has 3 heterocycles. The van der Waals surface area contributed by atoms with Crippen molar-refractivity contribution in [1.82, 2.24) is 25.2 Å². The minimum Gasteiger partial charge on any atom is -0.309 e.